The summed E-state index contributed by atoms with van der Waals surface area (Å²) < 4.78 is 5.48. The van der Waals surface area contributed by atoms with Crippen LogP contribution in [0, 0.1) is 0 Å². The lowest BCUT2D eigenvalue weighted by Crippen LogP contribution is -2.45. The lowest BCUT2D eigenvalue weighted by molar-refractivity contribution is -0.143. The molecule has 184 valence electrons. The maximum Gasteiger partial charge on any atom is 0.310 e. The van der Waals surface area contributed by atoms with Gasteiger partial charge >= 0.3 is 5.97 Å². The SMILES string of the molecule is CN(C(=O)Cc1ccc(Cl)c(Cl)c1)C(CCOC(=O)Cc1ccc(Cl)c(Cl)c1)CN1CCCC1. The Morgan fingerprint density at radius 3 is 2.03 bits per heavy atom. The van der Waals surface area contributed by atoms with Crippen molar-refractivity contribution in [3.8, 4) is 0 Å². The van der Waals surface area contributed by atoms with Crippen molar-refractivity contribution in [2.45, 2.75) is 38.1 Å². The minimum absolute atomic E-state index is 0.0234. The maximum atomic E-state index is 13.0. The van der Waals surface area contributed by atoms with Crippen molar-refractivity contribution < 1.29 is 14.3 Å². The Balaban J connectivity index is 1.56. The highest BCUT2D eigenvalue weighted by Crippen LogP contribution is 2.24. The van der Waals surface area contributed by atoms with Crippen molar-refractivity contribution in [3.63, 3.8) is 0 Å². The molecule has 2 aromatic carbocycles. The van der Waals surface area contributed by atoms with Crippen molar-refractivity contribution in [3.05, 3.63) is 67.6 Å². The van der Waals surface area contributed by atoms with Gasteiger partial charge < -0.3 is 14.5 Å². The van der Waals surface area contributed by atoms with Crippen LogP contribution in [0.3, 0.4) is 0 Å². The molecule has 0 aromatic heterocycles. The maximum absolute atomic E-state index is 13.0. The molecule has 1 saturated heterocycles. The van der Waals surface area contributed by atoms with Gasteiger partial charge in [0.15, 0.2) is 0 Å². The minimum Gasteiger partial charge on any atom is -0.465 e. The number of esters is 1. The number of amides is 1. The first-order chi connectivity index (χ1) is 16.2. The van der Waals surface area contributed by atoms with Crippen molar-refractivity contribution in [1.82, 2.24) is 9.80 Å². The van der Waals surface area contributed by atoms with E-state index in [1.165, 1.54) is 0 Å². The number of carbonyl (C=O) groups is 2. The lowest BCUT2D eigenvalue weighted by Gasteiger charge is -2.31. The van der Waals surface area contributed by atoms with Crippen LogP contribution in [0.1, 0.15) is 30.4 Å². The molecular formula is C25H28Cl4N2O3. The third-order valence-corrected chi connectivity index (χ3v) is 7.47. The van der Waals surface area contributed by atoms with Crippen LogP contribution in [-0.2, 0) is 27.2 Å². The molecule has 1 aliphatic rings. The van der Waals surface area contributed by atoms with E-state index in [1.54, 1.807) is 48.3 Å². The highest BCUT2D eigenvalue weighted by molar-refractivity contribution is 6.42. The van der Waals surface area contributed by atoms with E-state index >= 15 is 0 Å². The predicted molar refractivity (Wildman–Crippen MR) is 138 cm³/mol. The zero-order chi connectivity index (χ0) is 24.7. The summed E-state index contributed by atoms with van der Waals surface area (Å²) in [6.45, 7) is 3.00. The quantitative estimate of drug-likeness (QED) is 0.346. The third kappa shape index (κ3) is 8.03. The molecule has 1 aliphatic heterocycles. The molecule has 34 heavy (non-hydrogen) atoms. The molecular weight excluding hydrogens is 518 g/mol. The summed E-state index contributed by atoms with van der Waals surface area (Å²) in [5.41, 5.74) is 1.54. The van der Waals surface area contributed by atoms with E-state index in [2.05, 4.69) is 4.90 Å². The normalized spacial score (nSPS) is 14.7. The van der Waals surface area contributed by atoms with Crippen LogP contribution >= 0.6 is 46.4 Å². The Labute approximate surface area is 220 Å². The summed E-state index contributed by atoms with van der Waals surface area (Å²) in [4.78, 5) is 29.5. The highest BCUT2D eigenvalue weighted by atomic mass is 35.5. The standard InChI is InChI=1S/C25H28Cl4N2O3/c1-30(24(32)14-17-4-6-20(26)22(28)12-17)19(16-31-9-2-3-10-31)8-11-34-25(33)15-18-5-7-21(27)23(29)13-18/h4-7,12-13,19H,2-3,8-11,14-16H2,1H3. The van der Waals surface area contributed by atoms with E-state index in [4.69, 9.17) is 51.1 Å². The first kappa shape index (κ1) is 27.1. The number of likely N-dealkylation sites (N-methyl/N-ethyl adjacent to an activating group) is 1. The molecule has 5 nitrogen and oxygen atoms in total. The first-order valence-electron chi connectivity index (χ1n) is 11.2. The second-order valence-corrected chi connectivity index (χ2v) is 10.2. The second-order valence-electron chi connectivity index (χ2n) is 8.53. The zero-order valence-electron chi connectivity index (χ0n) is 19.0. The van der Waals surface area contributed by atoms with E-state index in [0.717, 1.165) is 43.6 Å². The average Bonchev–Trinajstić information content (AvgIpc) is 3.31. The van der Waals surface area contributed by atoms with Crippen molar-refractivity contribution in [1.29, 1.82) is 0 Å². The van der Waals surface area contributed by atoms with E-state index in [1.807, 2.05) is 0 Å². The molecule has 0 radical (unpaired) electrons. The van der Waals surface area contributed by atoms with Gasteiger partial charge in [-0.05, 0) is 61.3 Å². The molecule has 0 spiro atoms. The van der Waals surface area contributed by atoms with Gasteiger partial charge in [-0.1, -0.05) is 58.5 Å². The number of ether oxygens (including phenoxy) is 1. The summed E-state index contributed by atoms with van der Waals surface area (Å²) in [7, 11) is 1.80. The highest BCUT2D eigenvalue weighted by Gasteiger charge is 2.25. The van der Waals surface area contributed by atoms with Gasteiger partial charge in [0.05, 0.1) is 39.5 Å². The number of carbonyl (C=O) groups excluding carboxylic acids is 2. The molecule has 1 unspecified atom stereocenters. The molecule has 0 N–H and O–H groups in total. The van der Waals surface area contributed by atoms with Crippen molar-refractivity contribution in [2.24, 2.45) is 0 Å². The smallest absolute Gasteiger partial charge is 0.310 e. The van der Waals surface area contributed by atoms with Crippen LogP contribution in [0.4, 0.5) is 0 Å². The van der Waals surface area contributed by atoms with Gasteiger partial charge in [0.1, 0.15) is 0 Å². The van der Waals surface area contributed by atoms with Gasteiger partial charge in [-0.25, -0.2) is 0 Å². The van der Waals surface area contributed by atoms with Gasteiger partial charge in [-0.15, -0.1) is 0 Å². The third-order valence-electron chi connectivity index (χ3n) is 5.99. The summed E-state index contributed by atoms with van der Waals surface area (Å²) in [6, 6.07) is 10.2. The number of likely N-dealkylation sites (tertiary alicyclic amines) is 1. The first-order valence-corrected chi connectivity index (χ1v) is 12.8. The molecule has 1 amide bonds. The minimum atomic E-state index is -0.344. The number of hydrogen-bond donors (Lipinski definition) is 0. The molecule has 0 bridgehead atoms. The molecule has 0 aliphatic carbocycles. The Morgan fingerprint density at radius 1 is 0.912 bits per heavy atom. The molecule has 3 rings (SSSR count). The zero-order valence-corrected chi connectivity index (χ0v) is 22.1. The fourth-order valence-corrected chi connectivity index (χ4v) is 4.64. The second kappa shape index (κ2) is 13.0. The van der Waals surface area contributed by atoms with E-state index in [0.29, 0.717) is 26.5 Å². The Kier molecular flexibility index (Phi) is 10.3. The van der Waals surface area contributed by atoms with Gasteiger partial charge in [-0.2, -0.15) is 0 Å². The summed E-state index contributed by atoms with van der Waals surface area (Å²) >= 11 is 24.0. The van der Waals surface area contributed by atoms with Gasteiger partial charge in [0.2, 0.25) is 5.91 Å². The Hall–Kier alpha value is -1.50. The molecule has 9 heteroatoms. The summed E-state index contributed by atoms with van der Waals surface area (Å²) in [6.07, 6.45) is 3.20. The average molecular weight is 546 g/mol. The fraction of sp³-hybridized carbons (Fsp3) is 0.440. The monoisotopic (exact) mass is 544 g/mol. The largest absolute Gasteiger partial charge is 0.465 e. The summed E-state index contributed by atoms with van der Waals surface area (Å²) in [5, 5.41) is 1.73. The van der Waals surface area contributed by atoms with E-state index in [-0.39, 0.29) is 37.4 Å². The predicted octanol–water partition coefficient (Wildman–Crippen LogP) is 5.94. The Bertz CT molecular complexity index is 1010. The van der Waals surface area contributed by atoms with Crippen LogP contribution in [0.2, 0.25) is 20.1 Å². The van der Waals surface area contributed by atoms with Crippen LogP contribution in [0.15, 0.2) is 36.4 Å². The molecule has 1 atom stereocenters. The molecule has 1 heterocycles. The van der Waals surface area contributed by atoms with Crippen LogP contribution in [0.25, 0.3) is 0 Å². The molecule has 2 aromatic rings. The Morgan fingerprint density at radius 2 is 1.47 bits per heavy atom. The van der Waals surface area contributed by atoms with Crippen molar-refractivity contribution >= 4 is 58.3 Å². The number of halogens is 4. The van der Waals surface area contributed by atoms with Crippen molar-refractivity contribution in [2.75, 3.05) is 33.3 Å². The lowest BCUT2D eigenvalue weighted by atomic mass is 10.1. The summed E-state index contributed by atoms with van der Waals surface area (Å²) in [5.74, 6) is -0.368. The van der Waals surface area contributed by atoms with Gasteiger partial charge in [-0.3, -0.25) is 9.59 Å². The number of hydrogen-bond acceptors (Lipinski definition) is 4. The van der Waals surface area contributed by atoms with Crippen LogP contribution in [-0.4, -0.2) is 61.0 Å². The molecule has 1 fully saturated rings. The molecule has 0 saturated carbocycles. The van der Waals surface area contributed by atoms with Gasteiger partial charge in [0, 0.05) is 26.1 Å². The number of benzene rings is 2. The van der Waals surface area contributed by atoms with E-state index < -0.39 is 0 Å². The number of nitrogens with zero attached hydrogens (tertiary/aromatic N) is 2. The van der Waals surface area contributed by atoms with Crippen LogP contribution < -0.4 is 0 Å². The van der Waals surface area contributed by atoms with Crippen LogP contribution in [0.5, 0.6) is 0 Å². The fourth-order valence-electron chi connectivity index (χ4n) is 4.00. The topological polar surface area (TPSA) is 49.9 Å². The number of rotatable bonds is 10. The van der Waals surface area contributed by atoms with Gasteiger partial charge in [0.25, 0.3) is 0 Å². The van der Waals surface area contributed by atoms with E-state index in [9.17, 15) is 9.59 Å².